The number of carbonyl (C=O) groups is 1. The van der Waals surface area contributed by atoms with E-state index in [1.165, 1.54) is 26.0 Å². The Balaban J connectivity index is 0.00000210. The molecular formula is C30H38F3NO. The number of allylic oxidation sites excluding steroid dienone is 1. The second-order valence-electron chi connectivity index (χ2n) is 9.28. The number of ketones is 1. The summed E-state index contributed by atoms with van der Waals surface area (Å²) in [6, 6.07) is 8.23. The van der Waals surface area contributed by atoms with Gasteiger partial charge in [-0.15, -0.1) is 13.2 Å². The predicted molar refractivity (Wildman–Crippen MR) is 139 cm³/mol. The quantitative estimate of drug-likeness (QED) is 0.296. The largest absolute Gasteiger partial charge is 0.314 e. The Bertz CT molecular complexity index is 1070. The number of rotatable bonds is 9. The number of hydrogen-bond acceptors (Lipinski definition) is 2. The van der Waals surface area contributed by atoms with Gasteiger partial charge in [-0.05, 0) is 54.2 Å². The lowest BCUT2D eigenvalue weighted by Crippen LogP contribution is -2.55. The van der Waals surface area contributed by atoms with E-state index in [4.69, 9.17) is 0 Å². The molecule has 1 unspecified atom stereocenters. The third-order valence-corrected chi connectivity index (χ3v) is 7.14. The highest BCUT2D eigenvalue weighted by Crippen LogP contribution is 2.45. The first-order valence-corrected chi connectivity index (χ1v) is 12.2. The van der Waals surface area contributed by atoms with Crippen molar-refractivity contribution < 1.29 is 18.0 Å². The van der Waals surface area contributed by atoms with E-state index in [-0.39, 0.29) is 22.1 Å². The molecule has 3 rings (SSSR count). The maximum absolute atomic E-state index is 15.1. The van der Waals surface area contributed by atoms with Crippen molar-refractivity contribution in [3.05, 3.63) is 94.8 Å². The van der Waals surface area contributed by atoms with Gasteiger partial charge >= 0.3 is 0 Å². The van der Waals surface area contributed by atoms with Crippen LogP contribution in [0.15, 0.2) is 55.6 Å². The lowest BCUT2D eigenvalue weighted by molar-refractivity contribution is -0.0421. The molecule has 0 saturated carbocycles. The zero-order chi connectivity index (χ0) is 26.6. The molecule has 1 atom stereocenters. The standard InChI is InChI=1S/C28H32F3NO.C2H6/c1-7-20-14-21(10-11-23(20)27(8-2)16-32-17-27)24(33)15-28(9-3,26(6,30)31)22-12-18(4)25(29)19(5)13-22;1-2/h8-14,32H,2-3,7,15-17H2,1,4-6H3;1-2H3. The summed E-state index contributed by atoms with van der Waals surface area (Å²) >= 11 is 0. The van der Waals surface area contributed by atoms with Gasteiger partial charge in [0, 0.05) is 37.4 Å². The second-order valence-corrected chi connectivity index (χ2v) is 9.28. The van der Waals surface area contributed by atoms with Crippen LogP contribution in [0, 0.1) is 19.7 Å². The van der Waals surface area contributed by atoms with Crippen molar-refractivity contribution >= 4 is 5.78 Å². The number of hydrogen-bond donors (Lipinski definition) is 1. The molecule has 1 fully saturated rings. The number of Topliss-reactive ketones (excluding diaryl/α,β-unsaturated/α-hetero) is 1. The minimum atomic E-state index is -3.29. The van der Waals surface area contributed by atoms with E-state index in [0.29, 0.717) is 12.0 Å². The zero-order valence-electron chi connectivity index (χ0n) is 21.8. The van der Waals surface area contributed by atoms with Crippen LogP contribution in [-0.4, -0.2) is 24.8 Å². The van der Waals surface area contributed by atoms with E-state index >= 15 is 8.78 Å². The average Bonchev–Trinajstić information content (AvgIpc) is 2.80. The lowest BCUT2D eigenvalue weighted by Gasteiger charge is -2.42. The fourth-order valence-corrected chi connectivity index (χ4v) is 4.82. The summed E-state index contributed by atoms with van der Waals surface area (Å²) in [7, 11) is 0. The maximum atomic E-state index is 15.1. The minimum absolute atomic E-state index is 0.169. The van der Waals surface area contributed by atoms with Gasteiger partial charge in [0.05, 0.1) is 5.41 Å². The van der Waals surface area contributed by atoms with Crippen LogP contribution in [0.1, 0.15) is 72.3 Å². The number of benzene rings is 2. The third-order valence-electron chi connectivity index (χ3n) is 7.14. The molecule has 1 aliphatic rings. The highest BCUT2D eigenvalue weighted by atomic mass is 19.3. The van der Waals surface area contributed by atoms with Crippen LogP contribution < -0.4 is 5.32 Å². The van der Waals surface area contributed by atoms with Crippen molar-refractivity contribution in [1.82, 2.24) is 5.32 Å². The summed E-state index contributed by atoms with van der Waals surface area (Å²) in [6.45, 7) is 19.1. The van der Waals surface area contributed by atoms with Crippen LogP contribution in [0.4, 0.5) is 13.2 Å². The van der Waals surface area contributed by atoms with Crippen LogP contribution in [0.3, 0.4) is 0 Å². The van der Waals surface area contributed by atoms with Crippen LogP contribution in [0.2, 0.25) is 0 Å². The molecule has 0 aliphatic carbocycles. The summed E-state index contributed by atoms with van der Waals surface area (Å²) in [6.07, 6.45) is 3.30. The Kier molecular flexibility index (Phi) is 8.94. The van der Waals surface area contributed by atoms with Crippen LogP contribution in [-0.2, 0) is 17.3 Å². The molecule has 0 amide bonds. The van der Waals surface area contributed by atoms with Gasteiger partial charge in [-0.25, -0.2) is 13.2 Å². The maximum Gasteiger partial charge on any atom is 0.258 e. The van der Waals surface area contributed by atoms with E-state index in [2.05, 4.69) is 18.5 Å². The zero-order valence-corrected chi connectivity index (χ0v) is 21.8. The van der Waals surface area contributed by atoms with Crippen molar-refractivity contribution in [3.63, 3.8) is 0 Å². The number of nitrogens with one attached hydrogen (secondary N) is 1. The summed E-state index contributed by atoms with van der Waals surface area (Å²) in [5.41, 5.74) is 1.07. The Hall–Kier alpha value is -2.66. The van der Waals surface area contributed by atoms with Gasteiger partial charge in [-0.3, -0.25) is 4.79 Å². The molecule has 35 heavy (non-hydrogen) atoms. The molecule has 1 N–H and O–H groups in total. The van der Waals surface area contributed by atoms with Crippen molar-refractivity contribution in [2.45, 2.75) is 71.1 Å². The molecule has 2 aromatic rings. The molecule has 1 heterocycles. The number of aryl methyl sites for hydroxylation is 3. The second kappa shape index (κ2) is 10.9. The molecule has 1 aliphatic heterocycles. The van der Waals surface area contributed by atoms with Crippen molar-refractivity contribution in [2.24, 2.45) is 0 Å². The van der Waals surface area contributed by atoms with Crippen LogP contribution in [0.25, 0.3) is 0 Å². The topological polar surface area (TPSA) is 29.1 Å². The lowest BCUT2D eigenvalue weighted by atomic mass is 9.70. The van der Waals surface area contributed by atoms with Crippen LogP contribution >= 0.6 is 0 Å². The van der Waals surface area contributed by atoms with Crippen LogP contribution in [0.5, 0.6) is 0 Å². The molecular weight excluding hydrogens is 447 g/mol. The molecule has 2 aromatic carbocycles. The van der Waals surface area contributed by atoms with Crippen molar-refractivity contribution in [1.29, 1.82) is 0 Å². The van der Waals surface area contributed by atoms with E-state index in [9.17, 15) is 9.18 Å². The number of carbonyl (C=O) groups excluding carboxylic acids is 1. The monoisotopic (exact) mass is 485 g/mol. The SMILES string of the molecule is C=CC1(c2ccc(C(=O)CC(C=C)(c3cc(C)c(F)c(C)c3)C(C)(F)F)cc2CC)CNC1.CC. The highest BCUT2D eigenvalue weighted by molar-refractivity contribution is 5.97. The Labute approximate surface area is 208 Å². The van der Waals surface area contributed by atoms with Crippen molar-refractivity contribution in [2.75, 3.05) is 13.1 Å². The van der Waals surface area contributed by atoms with Gasteiger partial charge in [0.2, 0.25) is 0 Å². The first-order valence-electron chi connectivity index (χ1n) is 12.2. The first-order chi connectivity index (χ1) is 16.4. The van der Waals surface area contributed by atoms with Gasteiger partial charge < -0.3 is 5.32 Å². The Morgan fingerprint density at radius 1 is 1.11 bits per heavy atom. The normalized spacial score (nSPS) is 16.3. The molecule has 1 saturated heterocycles. The summed E-state index contributed by atoms with van der Waals surface area (Å²) < 4.78 is 44.4. The Morgan fingerprint density at radius 3 is 2.09 bits per heavy atom. The fourth-order valence-electron chi connectivity index (χ4n) is 4.82. The van der Waals surface area contributed by atoms with Gasteiger partial charge in [0.25, 0.3) is 5.92 Å². The molecule has 5 heteroatoms. The molecule has 0 spiro atoms. The molecule has 0 radical (unpaired) electrons. The fraction of sp³-hybridized carbons (Fsp3) is 0.433. The molecule has 0 aromatic heterocycles. The number of halogens is 3. The predicted octanol–water partition coefficient (Wildman–Crippen LogP) is 7.41. The van der Waals surface area contributed by atoms with Gasteiger partial charge in [0.1, 0.15) is 5.82 Å². The molecule has 2 nitrogen and oxygen atoms in total. The summed E-state index contributed by atoms with van der Waals surface area (Å²) in [4.78, 5) is 13.4. The smallest absolute Gasteiger partial charge is 0.258 e. The van der Waals surface area contributed by atoms with E-state index in [1.807, 2.05) is 39.0 Å². The minimum Gasteiger partial charge on any atom is -0.314 e. The first kappa shape index (κ1) is 28.6. The summed E-state index contributed by atoms with van der Waals surface area (Å²) in [5.74, 6) is -4.14. The van der Waals surface area contributed by atoms with E-state index in [0.717, 1.165) is 37.2 Å². The third kappa shape index (κ3) is 5.16. The van der Waals surface area contributed by atoms with E-state index in [1.54, 1.807) is 6.07 Å². The summed E-state index contributed by atoms with van der Waals surface area (Å²) in [5, 5.41) is 3.27. The highest BCUT2D eigenvalue weighted by Gasteiger charge is 2.50. The van der Waals surface area contributed by atoms with Gasteiger partial charge in [-0.1, -0.05) is 57.2 Å². The van der Waals surface area contributed by atoms with Gasteiger partial charge in [-0.2, -0.15) is 0 Å². The molecule has 0 bridgehead atoms. The average molecular weight is 486 g/mol. The van der Waals surface area contributed by atoms with E-state index < -0.39 is 29.4 Å². The van der Waals surface area contributed by atoms with Crippen molar-refractivity contribution in [3.8, 4) is 0 Å². The Morgan fingerprint density at radius 2 is 1.69 bits per heavy atom. The number of alkyl halides is 2. The van der Waals surface area contributed by atoms with Gasteiger partial charge in [0.15, 0.2) is 5.78 Å². The molecule has 190 valence electrons.